The zero-order valence-corrected chi connectivity index (χ0v) is 15.9. The Hall–Kier alpha value is -1.86. The minimum absolute atomic E-state index is 0.152. The average molecular weight is 381 g/mol. The van der Waals surface area contributed by atoms with Crippen LogP contribution in [0.2, 0.25) is 5.02 Å². The largest absolute Gasteiger partial charge is 0.341 e. The maximum atomic E-state index is 12.5. The number of aryl methyl sites for hydroxylation is 2. The number of nitrogens with one attached hydrogen (secondary N) is 1. The topological polar surface area (TPSA) is 75.2 Å². The van der Waals surface area contributed by atoms with Gasteiger partial charge >= 0.3 is 0 Å². The molecule has 0 unspecified atom stereocenters. The molecule has 1 aliphatic heterocycles. The second-order valence-electron chi connectivity index (χ2n) is 6.25. The third-order valence-corrected chi connectivity index (χ3v) is 5.61. The van der Waals surface area contributed by atoms with Crippen LogP contribution in [0.5, 0.6) is 0 Å². The van der Waals surface area contributed by atoms with Crippen molar-refractivity contribution in [3.05, 3.63) is 46.2 Å². The summed E-state index contributed by atoms with van der Waals surface area (Å²) in [7, 11) is -3.58. The number of nitrogens with zero attached hydrogens (tertiary/aromatic N) is 3. The highest BCUT2D eigenvalue weighted by Gasteiger charge is 2.20. The molecule has 3 rings (SSSR count). The third-order valence-electron chi connectivity index (χ3n) is 4.15. The molecule has 0 spiro atoms. The Kier molecular flexibility index (Phi) is 5.15. The van der Waals surface area contributed by atoms with E-state index in [0.717, 1.165) is 25.9 Å². The van der Waals surface area contributed by atoms with Crippen molar-refractivity contribution >= 4 is 33.3 Å². The summed E-state index contributed by atoms with van der Waals surface area (Å²) < 4.78 is 27.6. The first-order valence-electron chi connectivity index (χ1n) is 8.19. The van der Waals surface area contributed by atoms with E-state index < -0.39 is 10.0 Å². The Morgan fingerprint density at radius 3 is 2.40 bits per heavy atom. The molecule has 0 atom stereocenters. The third kappa shape index (κ3) is 4.41. The van der Waals surface area contributed by atoms with Gasteiger partial charge in [0.05, 0.1) is 22.8 Å². The number of aromatic nitrogens is 2. The number of hydrogen-bond donors (Lipinski definition) is 1. The van der Waals surface area contributed by atoms with E-state index in [2.05, 4.69) is 19.6 Å². The van der Waals surface area contributed by atoms with Crippen molar-refractivity contribution < 1.29 is 8.42 Å². The summed E-state index contributed by atoms with van der Waals surface area (Å²) >= 11 is 5.92. The Labute approximate surface area is 153 Å². The molecule has 1 N–H and O–H groups in total. The van der Waals surface area contributed by atoms with E-state index >= 15 is 0 Å². The van der Waals surface area contributed by atoms with Crippen LogP contribution in [0.1, 0.15) is 29.8 Å². The lowest BCUT2D eigenvalue weighted by atomic mass is 10.2. The number of rotatable bonds is 5. The highest BCUT2D eigenvalue weighted by molar-refractivity contribution is 7.91. The van der Waals surface area contributed by atoms with E-state index in [-0.39, 0.29) is 5.75 Å². The Morgan fingerprint density at radius 2 is 1.80 bits per heavy atom. The summed E-state index contributed by atoms with van der Waals surface area (Å²) in [6.45, 7) is 5.48. The van der Waals surface area contributed by atoms with Crippen LogP contribution in [-0.2, 0) is 15.8 Å². The van der Waals surface area contributed by atoms with E-state index in [1.807, 2.05) is 0 Å². The molecule has 0 aliphatic carbocycles. The van der Waals surface area contributed by atoms with Crippen LogP contribution in [0.4, 0.5) is 11.6 Å². The predicted molar refractivity (Wildman–Crippen MR) is 101 cm³/mol. The first-order chi connectivity index (χ1) is 11.8. The lowest BCUT2D eigenvalue weighted by Gasteiger charge is -2.19. The van der Waals surface area contributed by atoms with E-state index in [1.165, 1.54) is 0 Å². The van der Waals surface area contributed by atoms with Crippen LogP contribution in [0.15, 0.2) is 24.3 Å². The van der Waals surface area contributed by atoms with Gasteiger partial charge in [-0.3, -0.25) is 4.72 Å². The Morgan fingerprint density at radius 1 is 1.16 bits per heavy atom. The summed E-state index contributed by atoms with van der Waals surface area (Å²) in [5.74, 6) is 0.519. The maximum Gasteiger partial charge on any atom is 0.237 e. The summed E-state index contributed by atoms with van der Waals surface area (Å²) in [6, 6.07) is 6.83. The monoisotopic (exact) mass is 380 g/mol. The molecule has 8 heteroatoms. The fourth-order valence-corrected chi connectivity index (χ4v) is 4.45. The minimum atomic E-state index is -3.58. The zero-order valence-electron chi connectivity index (χ0n) is 14.3. The van der Waals surface area contributed by atoms with Crippen molar-refractivity contribution in [3.8, 4) is 0 Å². The molecule has 134 valence electrons. The molecule has 0 bridgehead atoms. The molecule has 0 amide bonds. The second kappa shape index (κ2) is 7.17. The van der Waals surface area contributed by atoms with Crippen LogP contribution < -0.4 is 9.62 Å². The van der Waals surface area contributed by atoms with Crippen molar-refractivity contribution in [2.45, 2.75) is 32.4 Å². The van der Waals surface area contributed by atoms with E-state index in [1.54, 1.807) is 38.1 Å². The van der Waals surface area contributed by atoms with Crippen LogP contribution >= 0.6 is 11.6 Å². The molecule has 2 heterocycles. The fraction of sp³-hybridized carbons (Fsp3) is 0.412. The quantitative estimate of drug-likeness (QED) is 0.861. The Balaban J connectivity index is 1.81. The highest BCUT2D eigenvalue weighted by atomic mass is 35.5. The van der Waals surface area contributed by atoms with Crippen LogP contribution in [0.3, 0.4) is 0 Å². The SMILES string of the molecule is Cc1nc(N2CCCC2)nc(C)c1NS(=O)(=O)Cc1cccc(Cl)c1. The molecule has 1 fully saturated rings. The fourth-order valence-electron chi connectivity index (χ4n) is 2.94. The second-order valence-corrected chi connectivity index (χ2v) is 8.41. The van der Waals surface area contributed by atoms with Gasteiger partial charge in [0.1, 0.15) is 0 Å². The van der Waals surface area contributed by atoms with Crippen molar-refractivity contribution in [1.29, 1.82) is 0 Å². The molecule has 1 aromatic heterocycles. The first-order valence-corrected chi connectivity index (χ1v) is 10.2. The van der Waals surface area contributed by atoms with Gasteiger partial charge in [0.25, 0.3) is 0 Å². The molecule has 6 nitrogen and oxygen atoms in total. The number of halogens is 1. The number of sulfonamides is 1. The molecule has 25 heavy (non-hydrogen) atoms. The zero-order chi connectivity index (χ0) is 18.0. The number of benzene rings is 1. The molecule has 0 radical (unpaired) electrons. The minimum Gasteiger partial charge on any atom is -0.341 e. The summed E-state index contributed by atoms with van der Waals surface area (Å²) in [5.41, 5.74) is 2.34. The van der Waals surface area contributed by atoms with Gasteiger partial charge in [-0.05, 0) is 44.4 Å². The van der Waals surface area contributed by atoms with Gasteiger partial charge < -0.3 is 4.90 Å². The van der Waals surface area contributed by atoms with E-state index in [0.29, 0.717) is 33.6 Å². The molecular formula is C17H21ClN4O2S. The first kappa shape index (κ1) is 17.9. The highest BCUT2D eigenvalue weighted by Crippen LogP contribution is 2.24. The number of hydrogen-bond acceptors (Lipinski definition) is 5. The van der Waals surface area contributed by atoms with Gasteiger partial charge in [0, 0.05) is 18.1 Å². The van der Waals surface area contributed by atoms with Crippen molar-refractivity contribution in [3.63, 3.8) is 0 Å². The molecule has 1 saturated heterocycles. The van der Waals surface area contributed by atoms with Crippen LogP contribution in [-0.4, -0.2) is 31.5 Å². The predicted octanol–water partition coefficient (Wildman–Crippen LogP) is 3.29. The van der Waals surface area contributed by atoms with Gasteiger partial charge in [-0.25, -0.2) is 18.4 Å². The normalized spacial score (nSPS) is 14.8. The van der Waals surface area contributed by atoms with Crippen molar-refractivity contribution in [2.75, 3.05) is 22.7 Å². The molecule has 2 aromatic rings. The van der Waals surface area contributed by atoms with Crippen LogP contribution in [0.25, 0.3) is 0 Å². The van der Waals surface area contributed by atoms with Crippen molar-refractivity contribution in [2.24, 2.45) is 0 Å². The summed E-state index contributed by atoms with van der Waals surface area (Å²) in [4.78, 5) is 11.1. The van der Waals surface area contributed by atoms with Gasteiger partial charge in [-0.1, -0.05) is 23.7 Å². The molecule has 0 saturated carbocycles. The van der Waals surface area contributed by atoms with Crippen LogP contribution in [0, 0.1) is 13.8 Å². The summed E-state index contributed by atoms with van der Waals surface area (Å²) in [5, 5.41) is 0.512. The summed E-state index contributed by atoms with van der Waals surface area (Å²) in [6.07, 6.45) is 2.27. The standard InChI is InChI=1S/C17H21ClN4O2S/c1-12-16(13(2)20-17(19-12)22-8-3-4-9-22)21-25(23,24)11-14-6-5-7-15(18)10-14/h5-7,10,21H,3-4,8-9,11H2,1-2H3. The molecular weight excluding hydrogens is 360 g/mol. The van der Waals surface area contributed by atoms with Gasteiger partial charge in [-0.15, -0.1) is 0 Å². The van der Waals surface area contributed by atoms with Crippen molar-refractivity contribution in [1.82, 2.24) is 9.97 Å². The lowest BCUT2D eigenvalue weighted by molar-refractivity contribution is 0.600. The van der Waals surface area contributed by atoms with Gasteiger partial charge in [0.15, 0.2) is 0 Å². The maximum absolute atomic E-state index is 12.5. The van der Waals surface area contributed by atoms with E-state index in [4.69, 9.17) is 11.6 Å². The number of anilines is 2. The van der Waals surface area contributed by atoms with Gasteiger partial charge in [-0.2, -0.15) is 0 Å². The van der Waals surface area contributed by atoms with Gasteiger partial charge in [0.2, 0.25) is 16.0 Å². The Bertz CT molecular complexity index is 857. The molecule has 1 aliphatic rings. The van der Waals surface area contributed by atoms with E-state index in [9.17, 15) is 8.42 Å². The lowest BCUT2D eigenvalue weighted by Crippen LogP contribution is -2.23. The molecule has 1 aromatic carbocycles. The average Bonchev–Trinajstić information content (AvgIpc) is 3.04. The smallest absolute Gasteiger partial charge is 0.237 e.